The summed E-state index contributed by atoms with van der Waals surface area (Å²) in [5, 5.41) is 3.36. The van der Waals surface area contributed by atoms with Crippen LogP contribution >= 0.6 is 0 Å². The van der Waals surface area contributed by atoms with E-state index < -0.39 is 0 Å². The molecule has 5 nitrogen and oxygen atoms in total. The van der Waals surface area contributed by atoms with Crippen LogP contribution in [0.25, 0.3) is 0 Å². The molecule has 1 aliphatic heterocycles. The zero-order chi connectivity index (χ0) is 11.9. The number of aromatic nitrogens is 2. The first kappa shape index (κ1) is 10.8. The van der Waals surface area contributed by atoms with Crippen LogP contribution in [0.5, 0.6) is 0 Å². The van der Waals surface area contributed by atoms with Crippen LogP contribution < -0.4 is 16.6 Å². The SMILES string of the molecule is Nc1nc2c(c(=O)[nH]1)C1(CCC2)CCNCC1. The molecule has 0 unspecified atom stereocenters. The number of anilines is 1. The molecule has 3 rings (SSSR count). The summed E-state index contributed by atoms with van der Waals surface area (Å²) in [5.41, 5.74) is 7.50. The lowest BCUT2D eigenvalue weighted by atomic mass is 9.66. The number of rotatable bonds is 0. The Hall–Kier alpha value is -1.36. The van der Waals surface area contributed by atoms with Crippen LogP contribution in [-0.4, -0.2) is 23.1 Å². The zero-order valence-electron chi connectivity index (χ0n) is 9.88. The molecule has 2 aliphatic rings. The Labute approximate surface area is 99.8 Å². The predicted molar refractivity (Wildman–Crippen MR) is 66.0 cm³/mol. The van der Waals surface area contributed by atoms with E-state index >= 15 is 0 Å². The molecule has 1 aliphatic carbocycles. The maximum absolute atomic E-state index is 12.2. The number of hydrogen-bond acceptors (Lipinski definition) is 4. The molecular weight excluding hydrogens is 216 g/mol. The highest BCUT2D eigenvalue weighted by atomic mass is 16.1. The molecule has 0 bridgehead atoms. The molecule has 0 saturated carbocycles. The molecule has 1 spiro atoms. The fourth-order valence-corrected chi connectivity index (χ4v) is 3.39. The summed E-state index contributed by atoms with van der Waals surface area (Å²) in [6.07, 6.45) is 5.18. The van der Waals surface area contributed by atoms with Crippen molar-refractivity contribution in [3.8, 4) is 0 Å². The largest absolute Gasteiger partial charge is 0.369 e. The monoisotopic (exact) mass is 234 g/mol. The van der Waals surface area contributed by atoms with Crippen molar-refractivity contribution in [3.05, 3.63) is 21.6 Å². The number of aromatic amines is 1. The maximum Gasteiger partial charge on any atom is 0.256 e. The van der Waals surface area contributed by atoms with Crippen molar-refractivity contribution >= 4 is 5.95 Å². The van der Waals surface area contributed by atoms with Crippen molar-refractivity contribution in [3.63, 3.8) is 0 Å². The van der Waals surface area contributed by atoms with Crippen molar-refractivity contribution < 1.29 is 0 Å². The number of H-pyrrole nitrogens is 1. The number of piperidine rings is 1. The third kappa shape index (κ3) is 1.65. The normalized spacial score (nSPS) is 22.4. The van der Waals surface area contributed by atoms with Crippen LogP contribution in [0.3, 0.4) is 0 Å². The lowest BCUT2D eigenvalue weighted by molar-refractivity contribution is 0.263. The Bertz CT molecular complexity index is 488. The van der Waals surface area contributed by atoms with E-state index in [1.165, 1.54) is 0 Å². The topological polar surface area (TPSA) is 83.8 Å². The second-order valence-electron chi connectivity index (χ2n) is 5.16. The highest BCUT2D eigenvalue weighted by molar-refractivity contribution is 5.34. The zero-order valence-corrected chi connectivity index (χ0v) is 9.88. The third-order valence-corrected chi connectivity index (χ3v) is 4.17. The fourth-order valence-electron chi connectivity index (χ4n) is 3.39. The van der Waals surface area contributed by atoms with E-state index in [-0.39, 0.29) is 16.9 Å². The first-order chi connectivity index (χ1) is 8.21. The van der Waals surface area contributed by atoms with Crippen molar-refractivity contribution in [1.82, 2.24) is 15.3 Å². The summed E-state index contributed by atoms with van der Waals surface area (Å²) in [7, 11) is 0. The van der Waals surface area contributed by atoms with Gasteiger partial charge in [0, 0.05) is 11.0 Å². The number of hydrogen-bond donors (Lipinski definition) is 3. The molecule has 5 heteroatoms. The summed E-state index contributed by atoms with van der Waals surface area (Å²) in [4.78, 5) is 19.1. The van der Waals surface area contributed by atoms with Gasteiger partial charge in [0.1, 0.15) is 0 Å². The van der Waals surface area contributed by atoms with Crippen molar-refractivity contribution in [1.29, 1.82) is 0 Å². The van der Waals surface area contributed by atoms with Gasteiger partial charge in [-0.05, 0) is 45.2 Å². The van der Waals surface area contributed by atoms with Crippen LogP contribution in [0.1, 0.15) is 36.9 Å². The summed E-state index contributed by atoms with van der Waals surface area (Å²) in [6, 6.07) is 0. The second-order valence-corrected chi connectivity index (χ2v) is 5.16. The predicted octanol–water partition coefficient (Wildman–Crippen LogP) is 0.310. The van der Waals surface area contributed by atoms with E-state index in [9.17, 15) is 4.79 Å². The average molecular weight is 234 g/mol. The molecule has 1 saturated heterocycles. The smallest absolute Gasteiger partial charge is 0.256 e. The third-order valence-electron chi connectivity index (χ3n) is 4.17. The van der Waals surface area contributed by atoms with E-state index in [1.807, 2.05) is 0 Å². The van der Waals surface area contributed by atoms with Gasteiger partial charge in [-0.15, -0.1) is 0 Å². The molecule has 17 heavy (non-hydrogen) atoms. The minimum absolute atomic E-state index is 0.0194. The summed E-state index contributed by atoms with van der Waals surface area (Å²) < 4.78 is 0. The van der Waals surface area contributed by atoms with Gasteiger partial charge in [-0.25, -0.2) is 4.98 Å². The van der Waals surface area contributed by atoms with Gasteiger partial charge in [-0.1, -0.05) is 0 Å². The van der Waals surface area contributed by atoms with Crippen molar-refractivity contribution in [2.75, 3.05) is 18.8 Å². The fraction of sp³-hybridized carbons (Fsp3) is 0.667. The molecule has 1 fully saturated rings. The molecular formula is C12H18N4O. The van der Waals surface area contributed by atoms with Gasteiger partial charge in [0.25, 0.3) is 5.56 Å². The summed E-state index contributed by atoms with van der Waals surface area (Å²) in [5.74, 6) is 0.250. The number of nitrogens with two attached hydrogens (primary N) is 1. The van der Waals surface area contributed by atoms with E-state index in [4.69, 9.17) is 5.73 Å². The van der Waals surface area contributed by atoms with Crippen LogP contribution in [0.4, 0.5) is 5.95 Å². The van der Waals surface area contributed by atoms with Crippen LogP contribution in [-0.2, 0) is 11.8 Å². The van der Waals surface area contributed by atoms with Crippen LogP contribution in [0.15, 0.2) is 4.79 Å². The number of nitrogens with zero attached hydrogens (tertiary/aromatic N) is 1. The molecule has 92 valence electrons. The second kappa shape index (κ2) is 3.84. The van der Waals surface area contributed by atoms with Crippen molar-refractivity contribution in [2.24, 2.45) is 0 Å². The first-order valence-electron chi connectivity index (χ1n) is 6.31. The van der Waals surface area contributed by atoms with Gasteiger partial charge in [0.15, 0.2) is 0 Å². The number of aryl methyl sites for hydroxylation is 1. The standard InChI is InChI=1S/C12H18N4O/c13-11-15-8-2-1-3-12(4-6-14-7-5-12)9(8)10(17)16-11/h14H,1-7H2,(H3,13,15,16,17). The lowest BCUT2D eigenvalue weighted by Gasteiger charge is -2.41. The highest BCUT2D eigenvalue weighted by Gasteiger charge is 2.40. The van der Waals surface area contributed by atoms with Gasteiger partial charge < -0.3 is 11.1 Å². The Balaban J connectivity index is 2.16. The Morgan fingerprint density at radius 1 is 1.24 bits per heavy atom. The van der Waals surface area contributed by atoms with Crippen LogP contribution in [0, 0.1) is 0 Å². The van der Waals surface area contributed by atoms with Gasteiger partial charge >= 0.3 is 0 Å². The minimum Gasteiger partial charge on any atom is -0.369 e. The number of nitrogen functional groups attached to an aromatic ring is 1. The lowest BCUT2D eigenvalue weighted by Crippen LogP contribution is -2.46. The molecule has 1 aromatic rings. The van der Waals surface area contributed by atoms with Gasteiger partial charge in [-0.3, -0.25) is 9.78 Å². The van der Waals surface area contributed by atoms with Gasteiger partial charge in [-0.2, -0.15) is 0 Å². The summed E-state index contributed by atoms with van der Waals surface area (Å²) >= 11 is 0. The van der Waals surface area contributed by atoms with Crippen molar-refractivity contribution in [2.45, 2.75) is 37.5 Å². The number of fused-ring (bicyclic) bond motifs is 2. The van der Waals surface area contributed by atoms with E-state index in [1.54, 1.807) is 0 Å². The Morgan fingerprint density at radius 3 is 2.76 bits per heavy atom. The molecule has 0 amide bonds. The molecule has 4 N–H and O–H groups in total. The van der Waals surface area contributed by atoms with Crippen LogP contribution in [0.2, 0.25) is 0 Å². The Morgan fingerprint density at radius 2 is 2.00 bits per heavy atom. The summed E-state index contributed by atoms with van der Waals surface area (Å²) in [6.45, 7) is 1.98. The molecule has 0 atom stereocenters. The maximum atomic E-state index is 12.2. The first-order valence-corrected chi connectivity index (χ1v) is 6.31. The highest BCUT2D eigenvalue weighted by Crippen LogP contribution is 2.41. The van der Waals surface area contributed by atoms with Gasteiger partial charge in [0.2, 0.25) is 5.95 Å². The number of nitrogens with one attached hydrogen (secondary N) is 2. The molecule has 2 heterocycles. The minimum atomic E-state index is -0.0194. The quantitative estimate of drug-likeness (QED) is 0.603. The van der Waals surface area contributed by atoms with E-state index in [0.29, 0.717) is 0 Å². The molecule has 0 radical (unpaired) electrons. The van der Waals surface area contributed by atoms with E-state index in [2.05, 4.69) is 15.3 Å². The van der Waals surface area contributed by atoms with Gasteiger partial charge in [0.05, 0.1) is 5.69 Å². The average Bonchev–Trinajstić information content (AvgIpc) is 2.29. The Kier molecular flexibility index (Phi) is 2.43. The van der Waals surface area contributed by atoms with E-state index in [0.717, 1.165) is 56.5 Å². The molecule has 0 aromatic carbocycles. The molecule has 1 aromatic heterocycles.